The Bertz CT molecular complexity index is 636. The predicted molar refractivity (Wildman–Crippen MR) is 65.0 cm³/mol. The van der Waals surface area contributed by atoms with Crippen LogP contribution in [0, 0.1) is 12.7 Å². The van der Waals surface area contributed by atoms with Gasteiger partial charge in [0, 0.05) is 11.6 Å². The molecule has 0 saturated carbocycles. The number of hydrogen-bond acceptors (Lipinski definition) is 5. The van der Waals surface area contributed by atoms with Crippen LogP contribution in [0.2, 0.25) is 0 Å². The zero-order valence-corrected chi connectivity index (χ0v) is 10.5. The lowest BCUT2D eigenvalue weighted by Gasteiger charge is -2.13. The minimum Gasteiger partial charge on any atom is -0.441 e. The Morgan fingerprint density at radius 2 is 2.00 bits per heavy atom. The van der Waals surface area contributed by atoms with Crippen LogP contribution in [-0.2, 0) is 9.53 Å². The molecule has 6 nitrogen and oxygen atoms in total. The van der Waals surface area contributed by atoms with Crippen LogP contribution >= 0.6 is 0 Å². The normalized spacial score (nSPS) is 11.9. The monoisotopic (exact) mass is 278 g/mol. The number of amides is 1. The van der Waals surface area contributed by atoms with Crippen LogP contribution in [0.15, 0.2) is 34.9 Å². The summed E-state index contributed by atoms with van der Waals surface area (Å²) in [7, 11) is 0. The zero-order chi connectivity index (χ0) is 14.7. The van der Waals surface area contributed by atoms with E-state index in [0.29, 0.717) is 5.69 Å². The number of hydrogen-bond donors (Lipinski definition) is 1. The van der Waals surface area contributed by atoms with Crippen molar-refractivity contribution in [2.75, 3.05) is 0 Å². The third-order valence-corrected chi connectivity index (χ3v) is 2.49. The smallest absolute Gasteiger partial charge is 0.378 e. The lowest BCUT2D eigenvalue weighted by molar-refractivity contribution is -0.127. The Morgan fingerprint density at radius 1 is 1.35 bits per heavy atom. The van der Waals surface area contributed by atoms with E-state index in [4.69, 9.17) is 15.0 Å². The first kappa shape index (κ1) is 13.7. The molecule has 0 fully saturated rings. The largest absolute Gasteiger partial charge is 0.441 e. The van der Waals surface area contributed by atoms with Gasteiger partial charge in [0.2, 0.25) is 11.9 Å². The van der Waals surface area contributed by atoms with E-state index in [0.717, 1.165) is 12.1 Å². The van der Waals surface area contributed by atoms with Gasteiger partial charge in [0.15, 0.2) is 0 Å². The number of ether oxygens (including phenoxy) is 1. The molecule has 0 saturated heterocycles. The van der Waals surface area contributed by atoms with Crippen molar-refractivity contribution < 1.29 is 23.2 Å². The van der Waals surface area contributed by atoms with Gasteiger partial charge in [-0.15, -0.1) is 0 Å². The van der Waals surface area contributed by atoms with E-state index in [9.17, 15) is 14.0 Å². The highest BCUT2D eigenvalue weighted by Crippen LogP contribution is 2.19. The lowest BCUT2D eigenvalue weighted by atomic mass is 10.1. The summed E-state index contributed by atoms with van der Waals surface area (Å²) in [5.74, 6) is -2.37. The van der Waals surface area contributed by atoms with Gasteiger partial charge in [-0.25, -0.2) is 9.18 Å². The number of halogens is 1. The van der Waals surface area contributed by atoms with Gasteiger partial charge in [-0.3, -0.25) is 4.79 Å². The topological polar surface area (TPSA) is 95.4 Å². The van der Waals surface area contributed by atoms with Gasteiger partial charge < -0.3 is 15.0 Å². The van der Waals surface area contributed by atoms with Crippen LogP contribution in [-0.4, -0.2) is 17.0 Å². The summed E-state index contributed by atoms with van der Waals surface area (Å²) in [5.41, 5.74) is 5.94. The van der Waals surface area contributed by atoms with Crippen molar-refractivity contribution in [1.82, 2.24) is 5.16 Å². The summed E-state index contributed by atoms with van der Waals surface area (Å²) in [6.07, 6.45) is -1.33. The van der Waals surface area contributed by atoms with Gasteiger partial charge in [0.25, 0.3) is 5.91 Å². The first-order valence-corrected chi connectivity index (χ1v) is 5.66. The number of rotatable bonds is 4. The van der Waals surface area contributed by atoms with E-state index in [1.807, 2.05) is 0 Å². The van der Waals surface area contributed by atoms with Crippen LogP contribution in [0.1, 0.15) is 27.9 Å². The fraction of sp³-hybridized carbons (Fsp3) is 0.154. The second kappa shape index (κ2) is 5.52. The molecule has 20 heavy (non-hydrogen) atoms. The Hall–Kier alpha value is -2.70. The molecule has 7 heteroatoms. The highest BCUT2D eigenvalue weighted by Gasteiger charge is 2.25. The molecule has 0 aliphatic heterocycles. The summed E-state index contributed by atoms with van der Waals surface area (Å²) in [6, 6.07) is 6.26. The first-order valence-electron chi connectivity index (χ1n) is 5.66. The molecule has 0 spiro atoms. The molecule has 0 bridgehead atoms. The lowest BCUT2D eigenvalue weighted by Crippen LogP contribution is -2.26. The standard InChI is InChI=1S/C13H11FN2O4/c1-7-6-10(20-16-7)13(18)19-11(12(15)17)8-2-4-9(14)5-3-8/h2-6,11H,1H3,(H2,15,17). The van der Waals surface area contributed by atoms with E-state index >= 15 is 0 Å². The second-order valence-corrected chi connectivity index (χ2v) is 4.07. The highest BCUT2D eigenvalue weighted by atomic mass is 19.1. The third kappa shape index (κ3) is 3.00. The van der Waals surface area contributed by atoms with Gasteiger partial charge >= 0.3 is 5.97 Å². The van der Waals surface area contributed by atoms with E-state index in [-0.39, 0.29) is 11.3 Å². The number of esters is 1. The molecule has 1 aromatic heterocycles. The van der Waals surface area contributed by atoms with Crippen molar-refractivity contribution in [1.29, 1.82) is 0 Å². The molecular formula is C13H11FN2O4. The van der Waals surface area contributed by atoms with Gasteiger partial charge in [-0.1, -0.05) is 17.3 Å². The summed E-state index contributed by atoms with van der Waals surface area (Å²) in [5, 5.41) is 3.53. The Kier molecular flexibility index (Phi) is 3.79. The van der Waals surface area contributed by atoms with Gasteiger partial charge in [0.05, 0.1) is 5.69 Å². The van der Waals surface area contributed by atoms with Gasteiger partial charge in [-0.05, 0) is 19.1 Å². The molecule has 1 unspecified atom stereocenters. The molecule has 1 aromatic carbocycles. The molecule has 1 atom stereocenters. The molecule has 0 aliphatic rings. The number of carbonyl (C=O) groups excluding carboxylic acids is 2. The second-order valence-electron chi connectivity index (χ2n) is 4.07. The Morgan fingerprint density at radius 3 is 2.50 bits per heavy atom. The minimum atomic E-state index is -1.33. The SMILES string of the molecule is Cc1cc(C(=O)OC(C(N)=O)c2ccc(F)cc2)on1. The molecule has 1 heterocycles. The number of primary amides is 1. The maximum atomic E-state index is 12.8. The minimum absolute atomic E-state index is 0.143. The molecule has 2 aromatic rings. The maximum absolute atomic E-state index is 12.8. The van der Waals surface area contributed by atoms with Crippen LogP contribution in [0.3, 0.4) is 0 Å². The number of aromatic nitrogens is 1. The van der Waals surface area contributed by atoms with Crippen LogP contribution in [0.25, 0.3) is 0 Å². The molecule has 2 rings (SSSR count). The zero-order valence-electron chi connectivity index (χ0n) is 10.5. The molecule has 104 valence electrons. The van der Waals surface area contributed by atoms with Crippen molar-refractivity contribution >= 4 is 11.9 Å². The number of carbonyl (C=O) groups is 2. The number of nitrogens with zero attached hydrogens (tertiary/aromatic N) is 1. The van der Waals surface area contributed by atoms with Crippen molar-refractivity contribution in [3.05, 3.63) is 53.2 Å². The summed E-state index contributed by atoms with van der Waals surface area (Å²) in [4.78, 5) is 23.1. The Balaban J connectivity index is 2.20. The summed E-state index contributed by atoms with van der Waals surface area (Å²) >= 11 is 0. The van der Waals surface area contributed by atoms with Crippen LogP contribution in [0.4, 0.5) is 4.39 Å². The quantitative estimate of drug-likeness (QED) is 0.855. The van der Waals surface area contributed by atoms with Crippen molar-refractivity contribution in [2.45, 2.75) is 13.0 Å². The number of nitrogens with two attached hydrogens (primary N) is 1. The first-order chi connectivity index (χ1) is 9.47. The van der Waals surface area contributed by atoms with Gasteiger partial charge in [0.1, 0.15) is 5.82 Å². The fourth-order valence-electron chi connectivity index (χ4n) is 1.55. The molecule has 1 amide bonds. The van der Waals surface area contributed by atoms with Crippen molar-refractivity contribution in [3.63, 3.8) is 0 Å². The van der Waals surface area contributed by atoms with E-state index in [1.165, 1.54) is 18.2 Å². The average Bonchev–Trinajstić information content (AvgIpc) is 2.83. The van der Waals surface area contributed by atoms with E-state index < -0.39 is 23.8 Å². The number of aryl methyl sites for hydroxylation is 1. The fourth-order valence-corrected chi connectivity index (χ4v) is 1.55. The highest BCUT2D eigenvalue weighted by molar-refractivity contribution is 5.90. The third-order valence-electron chi connectivity index (χ3n) is 2.49. The van der Waals surface area contributed by atoms with Crippen LogP contribution in [0.5, 0.6) is 0 Å². The summed E-state index contributed by atoms with van der Waals surface area (Å²) < 4.78 is 22.5. The van der Waals surface area contributed by atoms with Crippen molar-refractivity contribution in [2.24, 2.45) is 5.73 Å². The van der Waals surface area contributed by atoms with E-state index in [1.54, 1.807) is 6.92 Å². The van der Waals surface area contributed by atoms with Gasteiger partial charge in [-0.2, -0.15) is 0 Å². The Labute approximate surface area is 113 Å². The number of benzene rings is 1. The molecular weight excluding hydrogens is 267 g/mol. The predicted octanol–water partition coefficient (Wildman–Crippen LogP) is 1.51. The molecule has 0 aliphatic carbocycles. The summed E-state index contributed by atoms with van der Waals surface area (Å²) in [6.45, 7) is 1.63. The van der Waals surface area contributed by atoms with Crippen LogP contribution < -0.4 is 5.73 Å². The molecule has 0 radical (unpaired) electrons. The maximum Gasteiger partial charge on any atom is 0.378 e. The van der Waals surface area contributed by atoms with E-state index in [2.05, 4.69) is 5.16 Å². The molecule has 2 N–H and O–H groups in total. The average molecular weight is 278 g/mol. The van der Waals surface area contributed by atoms with Crippen molar-refractivity contribution in [3.8, 4) is 0 Å².